The summed E-state index contributed by atoms with van der Waals surface area (Å²) in [6.45, 7) is 6.21. The molecule has 0 atom stereocenters. The summed E-state index contributed by atoms with van der Waals surface area (Å²) >= 11 is 5.34. The molecule has 11 heteroatoms. The highest BCUT2D eigenvalue weighted by Crippen LogP contribution is 2.31. The van der Waals surface area contributed by atoms with Gasteiger partial charge in [-0.15, -0.1) is 0 Å². The molecule has 218 valence electrons. The van der Waals surface area contributed by atoms with Gasteiger partial charge in [-0.3, -0.25) is 25.0 Å². The van der Waals surface area contributed by atoms with Crippen molar-refractivity contribution in [2.45, 2.75) is 26.2 Å². The van der Waals surface area contributed by atoms with Gasteiger partial charge in [-0.25, -0.2) is 0 Å². The number of piperidine rings is 1. The zero-order valence-corrected chi connectivity index (χ0v) is 24.4. The molecular formula is C31H34N6O4S. The van der Waals surface area contributed by atoms with Gasteiger partial charge in [-0.2, -0.15) is 0 Å². The minimum absolute atomic E-state index is 0.0652. The summed E-state index contributed by atoms with van der Waals surface area (Å²) in [5, 5.41) is 17.5. The average Bonchev–Trinajstić information content (AvgIpc) is 3.01. The van der Waals surface area contributed by atoms with Crippen LogP contribution in [0.4, 0.5) is 22.7 Å². The van der Waals surface area contributed by atoms with E-state index in [0.717, 1.165) is 62.3 Å². The first kappa shape index (κ1) is 29.0. The molecule has 0 spiro atoms. The highest BCUT2D eigenvalue weighted by molar-refractivity contribution is 7.80. The fraction of sp³-hybridized carbons (Fsp3) is 0.323. The first-order valence-electron chi connectivity index (χ1n) is 14.2. The van der Waals surface area contributed by atoms with Gasteiger partial charge in [0.2, 0.25) is 0 Å². The van der Waals surface area contributed by atoms with Crippen molar-refractivity contribution in [1.29, 1.82) is 0 Å². The summed E-state index contributed by atoms with van der Waals surface area (Å²) in [5.74, 6) is -0.453. The maximum absolute atomic E-state index is 12.9. The number of nitro groups is 1. The molecule has 0 aromatic heterocycles. The standard InChI is InChI=1S/C31H34N6O4S/c1-22-7-3-4-8-26(22)30(39)36-19-17-34(18-20-36)25-12-10-24(11-13-25)32-31(42)33-29(38)23-9-14-27(28(21-23)37(40)41)35-15-5-2-6-16-35/h3-4,7-14,21H,2,5-6,15-20H2,1H3,(H2,32,33,38,42). The third-order valence-electron chi connectivity index (χ3n) is 7.79. The van der Waals surface area contributed by atoms with Crippen molar-refractivity contribution in [1.82, 2.24) is 10.2 Å². The Kier molecular flexibility index (Phi) is 8.97. The minimum Gasteiger partial charge on any atom is -0.368 e. The van der Waals surface area contributed by atoms with E-state index in [0.29, 0.717) is 24.5 Å². The molecule has 0 saturated carbocycles. The van der Waals surface area contributed by atoms with Gasteiger partial charge in [-0.1, -0.05) is 18.2 Å². The zero-order valence-electron chi connectivity index (χ0n) is 23.5. The van der Waals surface area contributed by atoms with Crippen LogP contribution in [0.5, 0.6) is 0 Å². The predicted octanol–water partition coefficient (Wildman–Crippen LogP) is 4.98. The Morgan fingerprint density at radius 3 is 2.21 bits per heavy atom. The second-order valence-corrected chi connectivity index (χ2v) is 11.0. The van der Waals surface area contributed by atoms with E-state index in [-0.39, 0.29) is 22.3 Å². The molecule has 2 N–H and O–H groups in total. The van der Waals surface area contributed by atoms with E-state index in [4.69, 9.17) is 12.2 Å². The van der Waals surface area contributed by atoms with Gasteiger partial charge >= 0.3 is 0 Å². The van der Waals surface area contributed by atoms with Crippen molar-refractivity contribution in [3.05, 3.63) is 93.5 Å². The molecule has 2 heterocycles. The second-order valence-electron chi connectivity index (χ2n) is 10.6. The van der Waals surface area contributed by atoms with E-state index < -0.39 is 10.8 Å². The molecule has 2 saturated heterocycles. The second kappa shape index (κ2) is 13.0. The van der Waals surface area contributed by atoms with Gasteiger partial charge in [0.1, 0.15) is 5.69 Å². The van der Waals surface area contributed by atoms with Crippen molar-refractivity contribution in [2.24, 2.45) is 0 Å². The molecule has 0 unspecified atom stereocenters. The van der Waals surface area contributed by atoms with Crippen molar-refractivity contribution in [3.63, 3.8) is 0 Å². The number of amides is 2. The van der Waals surface area contributed by atoms with Gasteiger partial charge in [0.25, 0.3) is 17.5 Å². The van der Waals surface area contributed by atoms with Crippen LogP contribution < -0.4 is 20.4 Å². The average molecular weight is 587 g/mol. The summed E-state index contributed by atoms with van der Waals surface area (Å²) < 4.78 is 0. The number of piperazine rings is 1. The fourth-order valence-corrected chi connectivity index (χ4v) is 5.67. The minimum atomic E-state index is -0.518. The molecule has 2 amide bonds. The zero-order chi connectivity index (χ0) is 29.6. The molecule has 2 aliphatic heterocycles. The summed E-state index contributed by atoms with van der Waals surface area (Å²) in [7, 11) is 0. The number of aryl methyl sites for hydroxylation is 1. The molecule has 0 radical (unpaired) electrons. The molecule has 10 nitrogen and oxygen atoms in total. The van der Waals surface area contributed by atoms with Crippen molar-refractivity contribution in [2.75, 3.05) is 54.4 Å². The number of hydrogen-bond donors (Lipinski definition) is 2. The molecule has 3 aromatic rings. The van der Waals surface area contributed by atoms with E-state index in [1.54, 1.807) is 12.1 Å². The van der Waals surface area contributed by atoms with Crippen LogP contribution in [-0.4, -0.2) is 66.0 Å². The van der Waals surface area contributed by atoms with Crippen LogP contribution in [0.1, 0.15) is 45.5 Å². The highest BCUT2D eigenvalue weighted by Gasteiger charge is 2.25. The molecule has 42 heavy (non-hydrogen) atoms. The summed E-state index contributed by atoms with van der Waals surface area (Å²) in [5.41, 5.74) is 4.08. The maximum Gasteiger partial charge on any atom is 0.293 e. The van der Waals surface area contributed by atoms with Crippen LogP contribution in [0.15, 0.2) is 66.7 Å². The number of nitrogens with one attached hydrogen (secondary N) is 2. The van der Waals surface area contributed by atoms with Crippen LogP contribution >= 0.6 is 12.2 Å². The molecule has 0 bridgehead atoms. The highest BCUT2D eigenvalue weighted by atomic mass is 32.1. The number of benzene rings is 3. The van der Waals surface area contributed by atoms with Crippen molar-refractivity contribution in [3.8, 4) is 0 Å². The Morgan fingerprint density at radius 2 is 1.55 bits per heavy atom. The van der Waals surface area contributed by atoms with Crippen LogP contribution in [0.25, 0.3) is 0 Å². The Hall–Kier alpha value is -4.51. The van der Waals surface area contributed by atoms with Crippen molar-refractivity contribution < 1.29 is 14.5 Å². The van der Waals surface area contributed by atoms with E-state index in [1.165, 1.54) is 6.07 Å². The number of anilines is 3. The third kappa shape index (κ3) is 6.68. The number of hydrogen-bond acceptors (Lipinski definition) is 7. The summed E-state index contributed by atoms with van der Waals surface area (Å²) in [6, 6.07) is 19.9. The van der Waals surface area contributed by atoms with Gasteiger partial charge in [0, 0.05) is 67.8 Å². The predicted molar refractivity (Wildman–Crippen MR) is 169 cm³/mol. The number of carbonyl (C=O) groups excluding carboxylic acids is 2. The molecule has 0 aliphatic carbocycles. The molecule has 2 aliphatic rings. The normalized spacial score (nSPS) is 15.2. The smallest absolute Gasteiger partial charge is 0.293 e. The first-order valence-corrected chi connectivity index (χ1v) is 14.6. The number of thiocarbonyl (C=S) groups is 1. The van der Waals surface area contributed by atoms with Gasteiger partial charge < -0.3 is 20.0 Å². The third-order valence-corrected chi connectivity index (χ3v) is 7.99. The molecule has 5 rings (SSSR count). The Labute approximate surface area is 250 Å². The summed E-state index contributed by atoms with van der Waals surface area (Å²) in [6.07, 6.45) is 3.10. The van der Waals surface area contributed by atoms with Crippen LogP contribution in [-0.2, 0) is 0 Å². The lowest BCUT2D eigenvalue weighted by Gasteiger charge is -2.36. The topological polar surface area (TPSA) is 111 Å². The SMILES string of the molecule is Cc1ccccc1C(=O)N1CCN(c2ccc(NC(=S)NC(=O)c3ccc(N4CCCCC4)c([N+](=O)[O-])c3)cc2)CC1. The molecule has 2 fully saturated rings. The van der Waals surface area contributed by atoms with E-state index in [9.17, 15) is 19.7 Å². The summed E-state index contributed by atoms with van der Waals surface area (Å²) in [4.78, 5) is 43.2. The first-order chi connectivity index (χ1) is 20.3. The Bertz CT molecular complexity index is 1480. The van der Waals surface area contributed by atoms with Crippen LogP contribution in [0, 0.1) is 17.0 Å². The molecule has 3 aromatic carbocycles. The van der Waals surface area contributed by atoms with E-state index in [2.05, 4.69) is 15.5 Å². The van der Waals surface area contributed by atoms with Gasteiger partial charge in [0.15, 0.2) is 5.11 Å². The number of nitrogens with zero attached hydrogens (tertiary/aromatic N) is 4. The molecular weight excluding hydrogens is 552 g/mol. The lowest BCUT2D eigenvalue weighted by atomic mass is 10.1. The van der Waals surface area contributed by atoms with Gasteiger partial charge in [-0.05, 0) is 86.4 Å². The van der Waals surface area contributed by atoms with Crippen molar-refractivity contribution >= 4 is 51.9 Å². The lowest BCUT2D eigenvalue weighted by molar-refractivity contribution is -0.384. The maximum atomic E-state index is 12.9. The quantitative estimate of drug-likeness (QED) is 0.236. The monoisotopic (exact) mass is 586 g/mol. The Balaban J connectivity index is 1.14. The number of rotatable bonds is 6. The van der Waals surface area contributed by atoms with Crippen LogP contribution in [0.2, 0.25) is 0 Å². The van der Waals surface area contributed by atoms with Crippen LogP contribution in [0.3, 0.4) is 0 Å². The largest absolute Gasteiger partial charge is 0.368 e. The van der Waals surface area contributed by atoms with E-state index >= 15 is 0 Å². The van der Waals surface area contributed by atoms with Gasteiger partial charge in [0.05, 0.1) is 4.92 Å². The number of nitro benzene ring substituents is 1. The van der Waals surface area contributed by atoms with E-state index in [1.807, 2.05) is 65.3 Å². The fourth-order valence-electron chi connectivity index (χ4n) is 5.46. The lowest BCUT2D eigenvalue weighted by Crippen LogP contribution is -2.48. The number of carbonyl (C=O) groups is 2. The Morgan fingerprint density at radius 1 is 0.857 bits per heavy atom.